The van der Waals surface area contributed by atoms with E-state index < -0.39 is 11.6 Å². The molecule has 2 aliphatic heterocycles. The molecule has 2 amide bonds. The quantitative estimate of drug-likeness (QED) is 0.209. The molecule has 0 aliphatic carbocycles. The van der Waals surface area contributed by atoms with Crippen molar-refractivity contribution in [3.63, 3.8) is 0 Å². The SMILES string of the molecule is COc1nc(N2CCN(C(=O)c3cc4c(-c5cnc6ccccc6c5OC)cc(C5=CCCN(C(=O)CCn6ccnn6)C5)c(F)c4[nH]3)CC2)ccc1F. The Morgan fingerprint density at radius 3 is 2.52 bits per heavy atom. The fourth-order valence-corrected chi connectivity index (χ4v) is 7.27. The zero-order valence-corrected chi connectivity index (χ0v) is 29.8. The molecule has 6 aromatic rings. The van der Waals surface area contributed by atoms with Crippen molar-refractivity contribution in [2.45, 2.75) is 19.4 Å². The first kappa shape index (κ1) is 34.7. The third-order valence-electron chi connectivity index (χ3n) is 10.1. The number of H-pyrrole nitrogens is 1. The molecule has 0 saturated carbocycles. The summed E-state index contributed by atoms with van der Waals surface area (Å²) in [5.74, 6) is -0.400. The second-order valence-electron chi connectivity index (χ2n) is 13.2. The number of nitrogens with one attached hydrogen (secondary N) is 1. The predicted octanol–water partition coefficient (Wildman–Crippen LogP) is 5.33. The van der Waals surface area contributed by atoms with Crippen molar-refractivity contribution in [1.82, 2.24) is 39.7 Å². The molecule has 0 spiro atoms. The van der Waals surface area contributed by atoms with Crippen LogP contribution in [0, 0.1) is 11.6 Å². The highest BCUT2D eigenvalue weighted by Crippen LogP contribution is 2.42. The number of aromatic amines is 1. The van der Waals surface area contributed by atoms with Crippen molar-refractivity contribution in [1.29, 1.82) is 0 Å². The van der Waals surface area contributed by atoms with Gasteiger partial charge in [0.25, 0.3) is 11.8 Å². The van der Waals surface area contributed by atoms with E-state index in [4.69, 9.17) is 14.5 Å². The number of para-hydroxylation sites is 1. The summed E-state index contributed by atoms with van der Waals surface area (Å²) in [5.41, 5.74) is 3.37. The molecule has 8 rings (SSSR count). The molecule has 1 N–H and O–H groups in total. The number of carbonyl (C=O) groups is 2. The molecule has 2 aliphatic rings. The number of halogens is 2. The number of nitrogens with zero attached hydrogens (tertiary/aromatic N) is 8. The standard InChI is InChI=1S/C39H37F2N9O4/c1-53-37-25-7-3-4-8-31(25)42-22-29(37)27-20-26(24-6-5-13-49(23-24)34(51)11-14-50-15-12-43-46-50)35(41)36-28(27)21-32(44-36)39(52)48-18-16-47(17-19-48)33-10-9-30(40)38(45-33)54-2/h3-4,6-10,12,15,20-22,44H,5,11,13-14,16-19,23H2,1-2H3. The highest BCUT2D eigenvalue weighted by molar-refractivity contribution is 6.07. The molecule has 1 fully saturated rings. The van der Waals surface area contributed by atoms with E-state index in [0.717, 1.165) is 10.9 Å². The second kappa shape index (κ2) is 14.6. The van der Waals surface area contributed by atoms with Gasteiger partial charge in [-0.25, -0.2) is 8.78 Å². The Bertz CT molecular complexity index is 2400. The van der Waals surface area contributed by atoms with E-state index in [1.807, 2.05) is 35.2 Å². The van der Waals surface area contributed by atoms with Crippen LogP contribution in [0.4, 0.5) is 14.6 Å². The summed E-state index contributed by atoms with van der Waals surface area (Å²) >= 11 is 0. The van der Waals surface area contributed by atoms with Gasteiger partial charge in [-0.2, -0.15) is 4.98 Å². The van der Waals surface area contributed by atoms with Crippen LogP contribution in [-0.2, 0) is 11.3 Å². The van der Waals surface area contributed by atoms with Gasteiger partial charge in [0.05, 0.1) is 38.0 Å². The number of ether oxygens (including phenoxy) is 2. The summed E-state index contributed by atoms with van der Waals surface area (Å²) in [7, 11) is 2.95. The first-order valence-corrected chi connectivity index (χ1v) is 17.7. The first-order valence-electron chi connectivity index (χ1n) is 17.7. The van der Waals surface area contributed by atoms with Crippen molar-refractivity contribution < 1.29 is 27.8 Å². The van der Waals surface area contributed by atoms with Crippen LogP contribution in [0.2, 0.25) is 0 Å². The Labute approximate surface area is 308 Å². The van der Waals surface area contributed by atoms with Crippen LogP contribution in [0.1, 0.15) is 28.9 Å². The van der Waals surface area contributed by atoms with Crippen molar-refractivity contribution in [3.05, 3.63) is 96.1 Å². The summed E-state index contributed by atoms with van der Waals surface area (Å²) in [4.78, 5) is 44.8. The topological polar surface area (TPSA) is 135 Å². The first-order chi connectivity index (χ1) is 26.3. The molecular formula is C39H37F2N9O4. The number of amides is 2. The molecule has 0 bridgehead atoms. The van der Waals surface area contributed by atoms with Gasteiger partial charge in [0, 0.05) is 80.0 Å². The summed E-state index contributed by atoms with van der Waals surface area (Å²) in [5, 5.41) is 9.03. The van der Waals surface area contributed by atoms with Crippen LogP contribution >= 0.6 is 0 Å². The third kappa shape index (κ3) is 6.46. The number of aryl methyl sites for hydroxylation is 1. The molecule has 54 heavy (non-hydrogen) atoms. The van der Waals surface area contributed by atoms with E-state index in [-0.39, 0.29) is 41.9 Å². The van der Waals surface area contributed by atoms with Crippen LogP contribution in [0.25, 0.3) is 38.5 Å². The number of anilines is 1. The van der Waals surface area contributed by atoms with Gasteiger partial charge in [0.15, 0.2) is 11.6 Å². The van der Waals surface area contributed by atoms with Gasteiger partial charge in [0.2, 0.25) is 5.91 Å². The Hall–Kier alpha value is -6.38. The smallest absolute Gasteiger partial charge is 0.270 e. The van der Waals surface area contributed by atoms with Gasteiger partial charge < -0.3 is 29.2 Å². The second-order valence-corrected chi connectivity index (χ2v) is 13.2. The monoisotopic (exact) mass is 733 g/mol. The highest BCUT2D eigenvalue weighted by atomic mass is 19.1. The normalized spacial score (nSPS) is 14.8. The van der Waals surface area contributed by atoms with E-state index in [1.165, 1.54) is 13.2 Å². The number of pyridine rings is 2. The van der Waals surface area contributed by atoms with Crippen LogP contribution in [0.5, 0.6) is 11.6 Å². The molecule has 13 nitrogen and oxygen atoms in total. The number of hydrogen-bond donors (Lipinski definition) is 1. The molecule has 4 aromatic heterocycles. The van der Waals surface area contributed by atoms with Crippen LogP contribution in [0.15, 0.2) is 73.2 Å². The van der Waals surface area contributed by atoms with Crippen LogP contribution in [-0.4, -0.2) is 105 Å². The number of rotatable bonds is 9. The lowest BCUT2D eigenvalue weighted by Gasteiger charge is -2.35. The zero-order valence-electron chi connectivity index (χ0n) is 29.8. The lowest BCUT2D eigenvalue weighted by Crippen LogP contribution is -2.49. The van der Waals surface area contributed by atoms with E-state index in [9.17, 15) is 14.0 Å². The van der Waals surface area contributed by atoms with Gasteiger partial charge in [-0.15, -0.1) is 5.10 Å². The third-order valence-corrected chi connectivity index (χ3v) is 10.1. The van der Waals surface area contributed by atoms with Gasteiger partial charge in [-0.1, -0.05) is 23.4 Å². The Morgan fingerprint density at radius 2 is 1.74 bits per heavy atom. The van der Waals surface area contributed by atoms with E-state index >= 15 is 4.39 Å². The van der Waals surface area contributed by atoms with Crippen molar-refractivity contribution >= 4 is 45.0 Å². The number of benzene rings is 2. The van der Waals surface area contributed by atoms with Crippen LogP contribution < -0.4 is 14.4 Å². The average Bonchev–Trinajstić information content (AvgIpc) is 3.91. The summed E-state index contributed by atoms with van der Waals surface area (Å²) in [6, 6.07) is 14.0. The molecule has 15 heteroatoms. The minimum absolute atomic E-state index is 0.0691. The number of aromatic nitrogens is 6. The van der Waals surface area contributed by atoms with Gasteiger partial charge >= 0.3 is 0 Å². The molecule has 0 atom stereocenters. The maximum Gasteiger partial charge on any atom is 0.270 e. The molecule has 0 unspecified atom stereocenters. The number of methoxy groups -OCH3 is 2. The lowest BCUT2D eigenvalue weighted by atomic mass is 9.93. The molecule has 276 valence electrons. The fraction of sp³-hybridized carbons (Fsp3) is 0.282. The molecule has 0 radical (unpaired) electrons. The van der Waals surface area contributed by atoms with E-state index in [2.05, 4.69) is 20.3 Å². The Morgan fingerprint density at radius 1 is 0.907 bits per heavy atom. The Balaban J connectivity index is 1.14. The Kier molecular flexibility index (Phi) is 9.36. The minimum atomic E-state index is -0.550. The molecule has 1 saturated heterocycles. The van der Waals surface area contributed by atoms with E-state index in [1.54, 1.807) is 58.4 Å². The lowest BCUT2D eigenvalue weighted by molar-refractivity contribution is -0.131. The largest absolute Gasteiger partial charge is 0.495 e. The van der Waals surface area contributed by atoms with Crippen molar-refractivity contribution in [2.75, 3.05) is 58.4 Å². The molecular weight excluding hydrogens is 696 g/mol. The predicted molar refractivity (Wildman–Crippen MR) is 198 cm³/mol. The van der Waals surface area contributed by atoms with Gasteiger partial charge in [0.1, 0.15) is 17.3 Å². The maximum atomic E-state index is 16.9. The van der Waals surface area contributed by atoms with Crippen molar-refractivity contribution in [2.24, 2.45) is 0 Å². The summed E-state index contributed by atoms with van der Waals surface area (Å²) < 4.78 is 43.5. The van der Waals surface area contributed by atoms with Crippen LogP contribution in [0.3, 0.4) is 0 Å². The minimum Gasteiger partial charge on any atom is -0.495 e. The van der Waals surface area contributed by atoms with Crippen molar-refractivity contribution in [3.8, 4) is 22.8 Å². The number of hydrogen-bond acceptors (Lipinski definition) is 9. The number of piperazine rings is 1. The molecule has 6 heterocycles. The summed E-state index contributed by atoms with van der Waals surface area (Å²) in [6.07, 6.45) is 7.72. The summed E-state index contributed by atoms with van der Waals surface area (Å²) in [6.45, 7) is 2.77. The van der Waals surface area contributed by atoms with Gasteiger partial charge in [-0.3, -0.25) is 19.3 Å². The fourth-order valence-electron chi connectivity index (χ4n) is 7.27. The van der Waals surface area contributed by atoms with E-state index in [0.29, 0.717) is 84.9 Å². The van der Waals surface area contributed by atoms with Gasteiger partial charge in [-0.05, 0) is 54.0 Å². The molecule has 2 aromatic carbocycles. The average molecular weight is 734 g/mol. The zero-order chi connectivity index (χ0) is 37.3. The highest BCUT2D eigenvalue weighted by Gasteiger charge is 2.29. The maximum absolute atomic E-state index is 16.9. The number of fused-ring (bicyclic) bond motifs is 2. The number of carbonyl (C=O) groups excluding carboxylic acids is 2.